The van der Waals surface area contributed by atoms with Crippen LogP contribution in [0.1, 0.15) is 24.4 Å². The van der Waals surface area contributed by atoms with Crippen LogP contribution in [0.25, 0.3) is 10.9 Å². The second-order valence-corrected chi connectivity index (χ2v) is 8.02. The van der Waals surface area contributed by atoms with Crippen LogP contribution in [0.3, 0.4) is 0 Å². The van der Waals surface area contributed by atoms with E-state index in [0.717, 1.165) is 23.8 Å². The van der Waals surface area contributed by atoms with E-state index in [1.807, 2.05) is 12.1 Å². The maximum Gasteiger partial charge on any atom is 0.245 e. The lowest BCUT2D eigenvalue weighted by molar-refractivity contribution is 0.397. The van der Waals surface area contributed by atoms with Gasteiger partial charge in [-0.3, -0.25) is 4.98 Å². The van der Waals surface area contributed by atoms with Crippen molar-refractivity contribution in [2.24, 2.45) is 0 Å². The van der Waals surface area contributed by atoms with Crippen LogP contribution in [0.5, 0.6) is 0 Å². The molecule has 128 valence electrons. The maximum atomic E-state index is 13.3. The Morgan fingerprint density at radius 2 is 1.80 bits per heavy atom. The van der Waals surface area contributed by atoms with E-state index in [9.17, 15) is 12.8 Å². The summed E-state index contributed by atoms with van der Waals surface area (Å²) < 4.78 is 41.3. The van der Waals surface area contributed by atoms with E-state index < -0.39 is 10.0 Å². The third-order valence-corrected chi connectivity index (χ3v) is 6.58. The van der Waals surface area contributed by atoms with E-state index >= 15 is 0 Å². The molecule has 0 aliphatic carbocycles. The Bertz CT molecular complexity index is 1010. The van der Waals surface area contributed by atoms with Gasteiger partial charge in [0.25, 0.3) is 0 Å². The molecule has 0 amide bonds. The van der Waals surface area contributed by atoms with Crippen LogP contribution in [0.15, 0.2) is 65.7 Å². The summed E-state index contributed by atoms with van der Waals surface area (Å²) in [4.78, 5) is 4.49. The third-order valence-electron chi connectivity index (χ3n) is 4.64. The van der Waals surface area contributed by atoms with Gasteiger partial charge in [0.1, 0.15) is 10.7 Å². The minimum Gasteiger partial charge on any atom is -0.255 e. The lowest BCUT2D eigenvalue weighted by Gasteiger charge is -2.25. The molecule has 0 radical (unpaired) electrons. The number of halogens is 1. The van der Waals surface area contributed by atoms with Gasteiger partial charge < -0.3 is 0 Å². The molecule has 1 saturated heterocycles. The van der Waals surface area contributed by atoms with Crippen LogP contribution in [-0.4, -0.2) is 24.3 Å². The van der Waals surface area contributed by atoms with E-state index in [-0.39, 0.29) is 16.8 Å². The predicted molar refractivity (Wildman–Crippen MR) is 94.0 cm³/mol. The first kappa shape index (κ1) is 16.2. The highest BCUT2D eigenvalue weighted by atomic mass is 32.2. The Morgan fingerprint density at radius 3 is 2.60 bits per heavy atom. The molecule has 3 aromatic rings. The first-order valence-electron chi connectivity index (χ1n) is 8.18. The van der Waals surface area contributed by atoms with Crippen LogP contribution in [0.4, 0.5) is 4.39 Å². The molecular formula is C19H17FN2O2S. The fourth-order valence-electron chi connectivity index (χ4n) is 3.46. The molecule has 1 aromatic heterocycles. The number of benzene rings is 2. The zero-order valence-electron chi connectivity index (χ0n) is 13.5. The Kier molecular flexibility index (Phi) is 4.01. The van der Waals surface area contributed by atoms with Crippen molar-refractivity contribution in [3.63, 3.8) is 0 Å². The third kappa shape index (κ3) is 2.81. The number of rotatable bonds is 3. The van der Waals surface area contributed by atoms with Crippen molar-refractivity contribution < 1.29 is 12.8 Å². The monoisotopic (exact) mass is 356 g/mol. The summed E-state index contributed by atoms with van der Waals surface area (Å²) in [5, 5.41) is 0.793. The smallest absolute Gasteiger partial charge is 0.245 e. The van der Waals surface area contributed by atoms with Gasteiger partial charge in [-0.25, -0.2) is 12.8 Å². The average molecular weight is 356 g/mol. The SMILES string of the molecule is O=S(=O)(c1cccc2cccnc12)N1CCC[C@H]1c1ccc(F)cc1. The lowest BCUT2D eigenvalue weighted by atomic mass is 10.1. The van der Waals surface area contributed by atoms with Crippen molar-refractivity contribution in [3.05, 3.63) is 72.2 Å². The fourth-order valence-corrected chi connectivity index (χ4v) is 5.31. The summed E-state index contributed by atoms with van der Waals surface area (Å²) in [6.45, 7) is 0.452. The Morgan fingerprint density at radius 1 is 1.04 bits per heavy atom. The first-order valence-corrected chi connectivity index (χ1v) is 9.62. The molecule has 1 aliphatic heterocycles. The Labute approximate surface area is 146 Å². The van der Waals surface area contributed by atoms with Crippen LogP contribution >= 0.6 is 0 Å². The Balaban J connectivity index is 1.80. The van der Waals surface area contributed by atoms with E-state index in [1.165, 1.54) is 16.4 Å². The number of para-hydroxylation sites is 1. The van der Waals surface area contributed by atoms with Gasteiger partial charge in [-0.1, -0.05) is 30.3 Å². The second kappa shape index (κ2) is 6.20. The minimum absolute atomic E-state index is 0.222. The summed E-state index contributed by atoms with van der Waals surface area (Å²) in [5.74, 6) is -0.325. The Hall–Kier alpha value is -2.31. The van der Waals surface area contributed by atoms with E-state index in [1.54, 1.807) is 36.5 Å². The van der Waals surface area contributed by atoms with Crippen LogP contribution in [-0.2, 0) is 10.0 Å². The molecule has 0 N–H and O–H groups in total. The van der Waals surface area contributed by atoms with Crippen molar-refractivity contribution in [1.29, 1.82) is 0 Å². The second-order valence-electron chi connectivity index (χ2n) is 6.16. The molecular weight excluding hydrogens is 339 g/mol. The quantitative estimate of drug-likeness (QED) is 0.715. The van der Waals surface area contributed by atoms with Crippen LogP contribution in [0, 0.1) is 5.82 Å². The average Bonchev–Trinajstić information content (AvgIpc) is 3.12. The topological polar surface area (TPSA) is 50.3 Å². The van der Waals surface area contributed by atoms with Gasteiger partial charge >= 0.3 is 0 Å². The minimum atomic E-state index is -3.70. The number of pyridine rings is 1. The first-order chi connectivity index (χ1) is 12.1. The maximum absolute atomic E-state index is 13.3. The summed E-state index contributed by atoms with van der Waals surface area (Å²) in [5.41, 5.74) is 1.30. The van der Waals surface area contributed by atoms with Crippen LogP contribution < -0.4 is 0 Å². The molecule has 1 fully saturated rings. The molecule has 0 unspecified atom stereocenters. The lowest BCUT2D eigenvalue weighted by Crippen LogP contribution is -2.31. The standard InChI is InChI=1S/C19H17FN2O2S/c20-16-10-8-14(9-11-16)17-6-3-13-22(17)25(23,24)18-7-1-4-15-5-2-12-21-19(15)18/h1-2,4-5,7-12,17H,3,6,13H2/t17-/m0/s1. The summed E-state index contributed by atoms with van der Waals surface area (Å²) in [6, 6.07) is 14.6. The van der Waals surface area contributed by atoms with Gasteiger partial charge in [-0.2, -0.15) is 4.31 Å². The molecule has 1 atom stereocenters. The molecule has 25 heavy (non-hydrogen) atoms. The van der Waals surface area contributed by atoms with Crippen molar-refractivity contribution in [3.8, 4) is 0 Å². The van der Waals surface area contributed by atoms with E-state index in [0.29, 0.717) is 12.1 Å². The molecule has 0 bridgehead atoms. The zero-order valence-corrected chi connectivity index (χ0v) is 14.3. The van der Waals surface area contributed by atoms with Gasteiger partial charge in [0, 0.05) is 18.1 Å². The van der Waals surface area contributed by atoms with Crippen molar-refractivity contribution in [1.82, 2.24) is 9.29 Å². The molecule has 1 aliphatic rings. The summed E-state index contributed by atoms with van der Waals surface area (Å²) in [6.07, 6.45) is 3.10. The van der Waals surface area contributed by atoms with Gasteiger partial charge in [-0.15, -0.1) is 0 Å². The normalized spacial score (nSPS) is 18.7. The summed E-state index contributed by atoms with van der Waals surface area (Å²) in [7, 11) is -3.70. The number of hydrogen-bond acceptors (Lipinski definition) is 3. The van der Waals surface area contributed by atoms with Gasteiger partial charge in [-0.05, 0) is 42.7 Å². The molecule has 0 spiro atoms. The van der Waals surface area contributed by atoms with Crippen molar-refractivity contribution in [2.45, 2.75) is 23.8 Å². The molecule has 6 heteroatoms. The number of fused-ring (bicyclic) bond motifs is 1. The van der Waals surface area contributed by atoms with Crippen LogP contribution in [0.2, 0.25) is 0 Å². The number of sulfonamides is 1. The molecule has 2 aromatic carbocycles. The number of aromatic nitrogens is 1. The van der Waals surface area contributed by atoms with Gasteiger partial charge in [0.05, 0.1) is 11.6 Å². The number of nitrogens with zero attached hydrogens (tertiary/aromatic N) is 2. The highest BCUT2D eigenvalue weighted by Gasteiger charge is 2.37. The van der Waals surface area contributed by atoms with E-state index in [2.05, 4.69) is 4.98 Å². The van der Waals surface area contributed by atoms with Gasteiger partial charge in [0.15, 0.2) is 0 Å². The highest BCUT2D eigenvalue weighted by molar-refractivity contribution is 7.89. The van der Waals surface area contributed by atoms with Crippen molar-refractivity contribution >= 4 is 20.9 Å². The van der Waals surface area contributed by atoms with E-state index in [4.69, 9.17) is 0 Å². The zero-order chi connectivity index (χ0) is 17.4. The highest BCUT2D eigenvalue weighted by Crippen LogP contribution is 2.37. The fraction of sp³-hybridized carbons (Fsp3) is 0.211. The predicted octanol–water partition coefficient (Wildman–Crippen LogP) is 3.90. The molecule has 4 nitrogen and oxygen atoms in total. The molecule has 4 rings (SSSR count). The largest absolute Gasteiger partial charge is 0.255 e. The molecule has 2 heterocycles. The van der Waals surface area contributed by atoms with Gasteiger partial charge in [0.2, 0.25) is 10.0 Å². The number of hydrogen-bond donors (Lipinski definition) is 0. The van der Waals surface area contributed by atoms with Crippen molar-refractivity contribution in [2.75, 3.05) is 6.54 Å². The summed E-state index contributed by atoms with van der Waals surface area (Å²) >= 11 is 0. The molecule has 0 saturated carbocycles.